The van der Waals surface area contributed by atoms with Crippen LogP contribution in [0.4, 0.5) is 0 Å². The van der Waals surface area contributed by atoms with Crippen LogP contribution < -0.4 is 35.3 Å². The van der Waals surface area contributed by atoms with Gasteiger partial charge in [-0.1, -0.05) is 30.3 Å². The van der Waals surface area contributed by atoms with Gasteiger partial charge >= 0.3 is 50.4 Å². The van der Waals surface area contributed by atoms with Crippen LogP contribution in [0.25, 0.3) is 0 Å². The minimum absolute atomic E-state index is 0. The molecule has 12 heteroatoms. The van der Waals surface area contributed by atoms with E-state index in [1.807, 2.05) is 25.1 Å². The van der Waals surface area contributed by atoms with Gasteiger partial charge in [-0.05, 0) is 18.9 Å². The van der Waals surface area contributed by atoms with E-state index < -0.39 is 20.8 Å². The Labute approximate surface area is 147 Å². The number of rotatable bonds is 2. The first-order valence-electron chi connectivity index (χ1n) is 4.98. The van der Waals surface area contributed by atoms with Crippen molar-refractivity contribution in [3.05, 3.63) is 35.9 Å². The molecule has 0 spiro atoms. The summed E-state index contributed by atoms with van der Waals surface area (Å²) < 4.78 is 63.2. The van der Waals surface area contributed by atoms with E-state index in [1.165, 1.54) is 5.56 Å². The fourth-order valence-corrected chi connectivity index (χ4v) is 0.986. The van der Waals surface area contributed by atoms with Crippen LogP contribution in [0.2, 0.25) is 0 Å². The second kappa shape index (κ2) is 12.5. The SMILES string of the molecule is C[C@H](N)Cc1ccccc1.O=S(=O)(O)O.O=S(=O)(O)O.[H-].[Na+]. The van der Waals surface area contributed by atoms with Crippen LogP contribution in [0.5, 0.6) is 0 Å². The van der Waals surface area contributed by atoms with Crippen LogP contribution >= 0.6 is 0 Å². The topological polar surface area (TPSA) is 175 Å². The van der Waals surface area contributed by atoms with Crippen LogP contribution in [0.15, 0.2) is 30.3 Å². The molecule has 0 bridgehead atoms. The molecule has 21 heavy (non-hydrogen) atoms. The third-order valence-corrected chi connectivity index (χ3v) is 1.40. The summed E-state index contributed by atoms with van der Waals surface area (Å²) in [6, 6.07) is 10.6. The molecule has 0 heterocycles. The fraction of sp³-hybridized carbons (Fsp3) is 0.333. The molecule has 0 saturated heterocycles. The third kappa shape index (κ3) is 45.0. The fourth-order valence-electron chi connectivity index (χ4n) is 0.986. The maximum Gasteiger partial charge on any atom is 1.00 e. The Morgan fingerprint density at radius 1 is 1.00 bits per heavy atom. The molecule has 1 aromatic rings. The van der Waals surface area contributed by atoms with E-state index in [2.05, 4.69) is 12.1 Å². The average Bonchev–Trinajstić information content (AvgIpc) is 2.12. The quantitative estimate of drug-likeness (QED) is 0.281. The maximum absolute atomic E-state index is 8.74. The van der Waals surface area contributed by atoms with Gasteiger partial charge in [-0.15, -0.1) is 0 Å². The molecule has 1 atom stereocenters. The molecular weight excluding hydrogens is 337 g/mol. The van der Waals surface area contributed by atoms with Crippen molar-refractivity contribution in [2.45, 2.75) is 19.4 Å². The first-order chi connectivity index (χ1) is 8.79. The summed E-state index contributed by atoms with van der Waals surface area (Å²) in [5.41, 5.74) is 6.94. The van der Waals surface area contributed by atoms with E-state index in [0.29, 0.717) is 0 Å². The van der Waals surface area contributed by atoms with Crippen LogP contribution in [-0.2, 0) is 27.2 Å². The Morgan fingerprint density at radius 3 is 1.52 bits per heavy atom. The zero-order chi connectivity index (χ0) is 16.4. The first kappa shape index (κ1) is 25.9. The molecule has 1 rings (SSSR count). The summed E-state index contributed by atoms with van der Waals surface area (Å²) in [6.45, 7) is 2.02. The van der Waals surface area contributed by atoms with Gasteiger partial charge in [0.15, 0.2) is 0 Å². The van der Waals surface area contributed by atoms with Crippen molar-refractivity contribution in [2.75, 3.05) is 0 Å². The number of nitrogens with two attached hydrogens (primary N) is 1. The van der Waals surface area contributed by atoms with Crippen molar-refractivity contribution in [1.29, 1.82) is 0 Å². The van der Waals surface area contributed by atoms with Crippen molar-refractivity contribution in [3.8, 4) is 0 Å². The van der Waals surface area contributed by atoms with E-state index in [9.17, 15) is 0 Å². The largest absolute Gasteiger partial charge is 1.00 e. The molecule has 1 aromatic carbocycles. The maximum atomic E-state index is 8.74. The van der Waals surface area contributed by atoms with Gasteiger partial charge in [0, 0.05) is 6.04 Å². The molecule has 0 aliphatic rings. The Hall–Kier alpha value is -0.0800. The Balaban J connectivity index is -0.000000117. The van der Waals surface area contributed by atoms with E-state index >= 15 is 0 Å². The Morgan fingerprint density at radius 2 is 1.29 bits per heavy atom. The summed E-state index contributed by atoms with van der Waals surface area (Å²) in [5, 5.41) is 0. The zero-order valence-electron chi connectivity index (χ0n) is 12.5. The van der Waals surface area contributed by atoms with E-state index in [0.717, 1.165) is 6.42 Å². The van der Waals surface area contributed by atoms with Crippen LogP contribution in [0.1, 0.15) is 13.9 Å². The van der Waals surface area contributed by atoms with Gasteiger partial charge in [0.1, 0.15) is 0 Å². The van der Waals surface area contributed by atoms with Crippen LogP contribution in [0.3, 0.4) is 0 Å². The molecule has 0 aliphatic heterocycles. The first-order valence-corrected chi connectivity index (χ1v) is 7.77. The van der Waals surface area contributed by atoms with Crippen molar-refractivity contribution in [1.82, 2.24) is 0 Å². The Kier molecular flexibility index (Phi) is 15.3. The number of hydrogen-bond donors (Lipinski definition) is 5. The molecule has 6 N–H and O–H groups in total. The third-order valence-electron chi connectivity index (χ3n) is 1.40. The molecule has 120 valence electrons. The molecule has 9 nitrogen and oxygen atoms in total. The normalized spacial score (nSPS) is 11.7. The van der Waals surface area contributed by atoms with Gasteiger partial charge in [-0.25, -0.2) is 0 Å². The minimum Gasteiger partial charge on any atom is -1.00 e. The van der Waals surface area contributed by atoms with Crippen molar-refractivity contribution in [3.63, 3.8) is 0 Å². The van der Waals surface area contributed by atoms with Gasteiger partial charge in [0.05, 0.1) is 0 Å². The van der Waals surface area contributed by atoms with Crippen molar-refractivity contribution >= 4 is 20.8 Å². The molecule has 0 saturated carbocycles. The number of benzene rings is 1. The molecule has 0 radical (unpaired) electrons. The van der Waals surface area contributed by atoms with Gasteiger partial charge in [0.2, 0.25) is 0 Å². The van der Waals surface area contributed by atoms with E-state index in [-0.39, 0.29) is 37.0 Å². The van der Waals surface area contributed by atoms with Crippen molar-refractivity contribution in [2.24, 2.45) is 5.73 Å². The van der Waals surface area contributed by atoms with Gasteiger partial charge in [0.25, 0.3) is 0 Å². The Bertz CT molecular complexity index is 519. The van der Waals surface area contributed by atoms with Gasteiger partial charge < -0.3 is 7.16 Å². The standard InChI is InChI=1S/C9H13N.Na.2H2O4S.H/c1-8(10)7-9-5-3-2-4-6-9;;2*1-5(2,3)4;/h2-6,8H,7,10H2,1H3;;2*(H2,1,2,3,4);/q;+1;;;-1/t8-;;;;/m0..../s1. The second-order valence-electron chi connectivity index (χ2n) is 3.56. The summed E-state index contributed by atoms with van der Waals surface area (Å²) in [6.07, 6.45) is 0.973. The second-order valence-corrected chi connectivity index (χ2v) is 5.35. The van der Waals surface area contributed by atoms with Crippen LogP contribution in [-0.4, -0.2) is 41.1 Å². The summed E-state index contributed by atoms with van der Waals surface area (Å²) >= 11 is 0. The molecule has 0 unspecified atom stereocenters. The molecule has 0 aromatic heterocycles. The monoisotopic (exact) mass is 355 g/mol. The molecule has 0 amide bonds. The smallest absolute Gasteiger partial charge is 1.00 e. The van der Waals surface area contributed by atoms with Crippen LogP contribution in [0, 0.1) is 0 Å². The van der Waals surface area contributed by atoms with E-state index in [1.54, 1.807) is 0 Å². The molecular formula is C9H18NNaO8S2. The predicted molar refractivity (Wildman–Crippen MR) is 73.3 cm³/mol. The summed E-state index contributed by atoms with van der Waals surface area (Å²) in [5.74, 6) is 0. The minimum atomic E-state index is -4.67. The summed E-state index contributed by atoms with van der Waals surface area (Å²) in [4.78, 5) is 0. The predicted octanol–water partition coefficient (Wildman–Crippen LogP) is -2.61. The molecule has 0 fully saturated rings. The van der Waals surface area contributed by atoms with Gasteiger partial charge in [-0.3, -0.25) is 18.2 Å². The molecule has 0 aliphatic carbocycles. The average molecular weight is 355 g/mol. The van der Waals surface area contributed by atoms with E-state index in [4.69, 9.17) is 40.8 Å². The van der Waals surface area contributed by atoms with Gasteiger partial charge in [-0.2, -0.15) is 16.8 Å². The summed E-state index contributed by atoms with van der Waals surface area (Å²) in [7, 11) is -9.33. The zero-order valence-corrected chi connectivity index (χ0v) is 15.1. The van der Waals surface area contributed by atoms with Crippen molar-refractivity contribution < 1.29 is 66.0 Å². The number of hydrogen-bond acceptors (Lipinski definition) is 5.